The van der Waals surface area contributed by atoms with E-state index < -0.39 is 21.8 Å². The van der Waals surface area contributed by atoms with E-state index in [-0.39, 0.29) is 19.5 Å². The molecule has 6 heterocycles. The van der Waals surface area contributed by atoms with Crippen LogP contribution in [0.1, 0.15) is 17.5 Å². The number of hydrogen-bond acceptors (Lipinski definition) is 8. The summed E-state index contributed by atoms with van der Waals surface area (Å²) >= 11 is 0. The van der Waals surface area contributed by atoms with E-state index in [0.717, 1.165) is 17.4 Å². The molecule has 0 amide bonds. The number of imidazole rings is 1. The quantitative estimate of drug-likeness (QED) is 0.220. The fourth-order valence-corrected chi connectivity index (χ4v) is 5.95. The van der Waals surface area contributed by atoms with Crippen molar-refractivity contribution in [3.8, 4) is 33.9 Å². The summed E-state index contributed by atoms with van der Waals surface area (Å²) in [5.74, 6) is -2.80. The fraction of sp³-hybridized carbons (Fsp3) is 0.233. The first-order chi connectivity index (χ1) is 21.5. The smallest absolute Gasteiger partial charge is 0.261 e. The maximum absolute atomic E-state index is 14.6. The highest BCUT2D eigenvalue weighted by Crippen LogP contribution is 2.32. The van der Waals surface area contributed by atoms with Crippen molar-refractivity contribution < 1.29 is 21.6 Å². The number of benzene rings is 1. The van der Waals surface area contributed by atoms with Gasteiger partial charge in [0.05, 0.1) is 29.5 Å². The molecule has 1 saturated heterocycles. The van der Waals surface area contributed by atoms with Crippen LogP contribution in [-0.4, -0.2) is 73.7 Å². The molecule has 45 heavy (non-hydrogen) atoms. The van der Waals surface area contributed by atoms with Gasteiger partial charge in [-0.25, -0.2) is 41.3 Å². The molecule has 1 aliphatic heterocycles. The number of fused-ring (bicyclic) bond motifs is 2. The molecule has 230 valence electrons. The highest BCUT2D eigenvalue weighted by atomic mass is 32.2. The SMILES string of the molecule is CS(=O)(=O)NCc1cc(F)cc(-c2ccnc3nc(-c4n[nH]c5ccc(-c6cncc(CN7CCC(F)(F)C7)c6)nc45)[nH]c23)c1. The van der Waals surface area contributed by atoms with Crippen molar-refractivity contribution in [3.05, 3.63) is 78.0 Å². The Bertz CT molecular complexity index is 2180. The van der Waals surface area contributed by atoms with E-state index in [9.17, 15) is 21.6 Å². The lowest BCUT2D eigenvalue weighted by Gasteiger charge is -2.15. The van der Waals surface area contributed by atoms with Gasteiger partial charge in [-0.3, -0.25) is 15.0 Å². The van der Waals surface area contributed by atoms with E-state index in [1.807, 2.05) is 18.2 Å². The average molecular weight is 634 g/mol. The van der Waals surface area contributed by atoms with Crippen LogP contribution in [0.15, 0.2) is 61.1 Å². The summed E-state index contributed by atoms with van der Waals surface area (Å²) in [6, 6.07) is 11.6. The maximum Gasteiger partial charge on any atom is 0.261 e. The van der Waals surface area contributed by atoms with E-state index in [1.54, 1.807) is 35.6 Å². The van der Waals surface area contributed by atoms with E-state index in [0.29, 0.717) is 69.2 Å². The monoisotopic (exact) mass is 633 g/mol. The molecular formula is C30H26F3N9O2S. The molecule has 6 aromatic rings. The van der Waals surface area contributed by atoms with Crippen LogP contribution in [0, 0.1) is 5.82 Å². The van der Waals surface area contributed by atoms with Crippen molar-refractivity contribution in [2.75, 3.05) is 19.3 Å². The summed E-state index contributed by atoms with van der Waals surface area (Å²) in [6.07, 6.45) is 5.80. The minimum Gasteiger partial charge on any atom is -0.335 e. The number of sulfonamides is 1. The summed E-state index contributed by atoms with van der Waals surface area (Å²) in [4.78, 5) is 23.1. The van der Waals surface area contributed by atoms with Gasteiger partial charge < -0.3 is 4.98 Å². The summed E-state index contributed by atoms with van der Waals surface area (Å²) in [7, 11) is -3.46. The number of H-pyrrole nitrogens is 2. The zero-order valence-electron chi connectivity index (χ0n) is 23.9. The second kappa shape index (κ2) is 11.0. The van der Waals surface area contributed by atoms with Gasteiger partial charge in [0, 0.05) is 55.8 Å². The van der Waals surface area contributed by atoms with Crippen LogP contribution in [0.3, 0.4) is 0 Å². The first-order valence-electron chi connectivity index (χ1n) is 14.0. The van der Waals surface area contributed by atoms with Gasteiger partial charge in [-0.05, 0) is 59.2 Å². The molecule has 0 spiro atoms. The van der Waals surface area contributed by atoms with Crippen LogP contribution in [-0.2, 0) is 23.1 Å². The predicted octanol–water partition coefficient (Wildman–Crippen LogP) is 4.65. The van der Waals surface area contributed by atoms with Gasteiger partial charge in [-0.15, -0.1) is 0 Å². The highest BCUT2D eigenvalue weighted by Gasteiger charge is 2.38. The average Bonchev–Trinajstić information content (AvgIpc) is 3.71. The first kappa shape index (κ1) is 29.0. The number of aromatic amines is 2. The Kier molecular flexibility index (Phi) is 7.10. The molecule has 0 saturated carbocycles. The van der Waals surface area contributed by atoms with E-state index in [1.165, 1.54) is 12.1 Å². The minimum absolute atomic E-state index is 0.0636. The van der Waals surface area contributed by atoms with Gasteiger partial charge in [0.15, 0.2) is 17.2 Å². The number of hydrogen-bond donors (Lipinski definition) is 3. The topological polar surface area (TPSA) is 145 Å². The summed E-state index contributed by atoms with van der Waals surface area (Å²) in [5, 5.41) is 7.42. The molecule has 1 fully saturated rings. The van der Waals surface area contributed by atoms with Crippen LogP contribution < -0.4 is 4.72 Å². The van der Waals surface area contributed by atoms with Crippen LogP contribution in [0.5, 0.6) is 0 Å². The number of aromatic nitrogens is 7. The molecule has 1 aliphatic rings. The van der Waals surface area contributed by atoms with Gasteiger partial charge in [0.2, 0.25) is 10.0 Å². The molecule has 3 N–H and O–H groups in total. The number of nitrogens with zero attached hydrogens (tertiary/aromatic N) is 6. The van der Waals surface area contributed by atoms with Crippen molar-refractivity contribution in [1.82, 2.24) is 44.7 Å². The fourth-order valence-electron chi connectivity index (χ4n) is 5.53. The minimum atomic E-state index is -3.46. The highest BCUT2D eigenvalue weighted by molar-refractivity contribution is 7.88. The third kappa shape index (κ3) is 6.14. The van der Waals surface area contributed by atoms with Gasteiger partial charge in [-0.1, -0.05) is 0 Å². The van der Waals surface area contributed by atoms with Crippen molar-refractivity contribution in [3.63, 3.8) is 0 Å². The number of rotatable bonds is 8. The normalized spacial score (nSPS) is 15.4. The van der Waals surface area contributed by atoms with Gasteiger partial charge in [0.1, 0.15) is 11.3 Å². The molecule has 7 rings (SSSR count). The Morgan fingerprint density at radius 3 is 2.69 bits per heavy atom. The van der Waals surface area contributed by atoms with Gasteiger partial charge in [-0.2, -0.15) is 5.10 Å². The third-order valence-corrected chi connectivity index (χ3v) is 8.25. The van der Waals surface area contributed by atoms with Crippen LogP contribution in [0.4, 0.5) is 13.2 Å². The molecule has 0 atom stereocenters. The molecule has 5 aromatic heterocycles. The number of likely N-dealkylation sites (tertiary alicyclic amines) is 1. The Morgan fingerprint density at radius 2 is 1.89 bits per heavy atom. The third-order valence-electron chi connectivity index (χ3n) is 7.58. The Balaban J connectivity index is 1.22. The van der Waals surface area contributed by atoms with Crippen LogP contribution in [0.2, 0.25) is 0 Å². The van der Waals surface area contributed by atoms with E-state index in [2.05, 4.69) is 34.9 Å². The largest absolute Gasteiger partial charge is 0.335 e. The van der Waals surface area contributed by atoms with E-state index >= 15 is 0 Å². The molecular weight excluding hydrogens is 607 g/mol. The number of nitrogens with one attached hydrogen (secondary N) is 3. The summed E-state index contributed by atoms with van der Waals surface area (Å²) in [6.45, 7) is 0.361. The molecule has 0 bridgehead atoms. The lowest BCUT2D eigenvalue weighted by Crippen LogP contribution is -2.24. The molecule has 15 heteroatoms. The Morgan fingerprint density at radius 1 is 1.04 bits per heavy atom. The summed E-state index contributed by atoms with van der Waals surface area (Å²) in [5.41, 5.74) is 6.30. The molecule has 0 radical (unpaired) electrons. The first-order valence-corrected chi connectivity index (χ1v) is 15.9. The lowest BCUT2D eigenvalue weighted by molar-refractivity contribution is 0.0115. The summed E-state index contributed by atoms with van der Waals surface area (Å²) < 4.78 is 67.5. The Labute approximate surface area is 255 Å². The zero-order chi connectivity index (χ0) is 31.3. The van der Waals surface area contributed by atoms with Crippen LogP contribution in [0.25, 0.3) is 56.1 Å². The van der Waals surface area contributed by atoms with Gasteiger partial charge >= 0.3 is 0 Å². The standard InChI is InChI=1S/C30H26F3N9O2S/c1-45(43,44)36-13-17-8-19(11-21(31)10-17)22-4-6-35-28-25(22)38-29(39-28)27-26-24(40-41-27)3-2-23(37-26)20-9-18(12-34-14-20)15-42-7-5-30(32,33)16-42/h2-4,6,8-12,14,36H,5,7,13,15-16H2,1H3,(H,40,41)(H,35,38,39). The Hall–Kier alpha value is -4.73. The maximum atomic E-state index is 14.6. The van der Waals surface area contributed by atoms with Gasteiger partial charge in [0.25, 0.3) is 5.92 Å². The molecule has 0 unspecified atom stereocenters. The number of halogens is 3. The second-order valence-electron chi connectivity index (χ2n) is 11.1. The second-order valence-corrected chi connectivity index (χ2v) is 13.0. The molecule has 11 nitrogen and oxygen atoms in total. The number of pyridine rings is 3. The van der Waals surface area contributed by atoms with E-state index in [4.69, 9.17) is 4.98 Å². The predicted molar refractivity (Wildman–Crippen MR) is 162 cm³/mol. The van der Waals surface area contributed by atoms with Crippen molar-refractivity contribution >= 4 is 32.2 Å². The number of alkyl halides is 2. The lowest BCUT2D eigenvalue weighted by atomic mass is 10.0. The van der Waals surface area contributed by atoms with Crippen molar-refractivity contribution in [1.29, 1.82) is 0 Å². The van der Waals surface area contributed by atoms with Crippen molar-refractivity contribution in [2.45, 2.75) is 25.4 Å². The van der Waals surface area contributed by atoms with Crippen molar-refractivity contribution in [2.24, 2.45) is 0 Å². The molecule has 1 aromatic carbocycles. The van der Waals surface area contributed by atoms with Crippen LogP contribution >= 0.6 is 0 Å². The zero-order valence-corrected chi connectivity index (χ0v) is 24.7. The molecule has 0 aliphatic carbocycles.